The van der Waals surface area contributed by atoms with E-state index in [1.54, 1.807) is 0 Å². The Morgan fingerprint density at radius 3 is 1.07 bits per heavy atom. The summed E-state index contributed by atoms with van der Waals surface area (Å²) in [5, 5.41) is 23.1. The van der Waals surface area contributed by atoms with Crippen LogP contribution in [0, 0.1) is 0 Å². The maximum Gasteiger partial charge on any atom is 0.305 e. The number of hydrogen-bond donors (Lipinski definition) is 3. The molecule has 6 heteroatoms. The number of ether oxygens (including phenoxy) is 1. The lowest BCUT2D eigenvalue weighted by molar-refractivity contribution is -0.143. The molecule has 57 heavy (non-hydrogen) atoms. The average molecular weight is 808 g/mol. The van der Waals surface area contributed by atoms with E-state index >= 15 is 0 Å². The standard InChI is InChI=1S/C51H101NO5/c1-3-5-7-9-11-13-14-15-16-17-18-22-25-29-33-37-41-45-51(56)57-46-42-38-34-30-26-23-20-19-21-24-28-32-36-40-44-50(55)52-48(47-53)49(54)43-39-35-31-27-12-10-8-6-4-2/h48-49,53-54H,3-47H2,1-2H3,(H,52,55). The Kier molecular flexibility index (Phi) is 46.6. The molecule has 0 aliphatic rings. The Labute approximate surface area is 356 Å². The second kappa shape index (κ2) is 47.5. The third-order valence-electron chi connectivity index (χ3n) is 12.2. The Morgan fingerprint density at radius 2 is 0.719 bits per heavy atom. The summed E-state index contributed by atoms with van der Waals surface area (Å²) in [6.07, 6.45) is 52.2. The molecule has 0 spiro atoms. The Bertz CT molecular complexity index is 806. The number of aliphatic hydroxyl groups is 2. The fraction of sp³-hybridized carbons (Fsp3) is 0.961. The minimum absolute atomic E-state index is 0.00189. The molecule has 3 N–H and O–H groups in total. The van der Waals surface area contributed by atoms with Crippen LogP contribution >= 0.6 is 0 Å². The molecule has 6 nitrogen and oxygen atoms in total. The summed E-state index contributed by atoms with van der Waals surface area (Å²) in [4.78, 5) is 24.4. The fourth-order valence-corrected chi connectivity index (χ4v) is 8.17. The predicted octanol–water partition coefficient (Wildman–Crippen LogP) is 15.2. The molecular formula is C51H101NO5. The van der Waals surface area contributed by atoms with Gasteiger partial charge in [-0.3, -0.25) is 9.59 Å². The summed E-state index contributed by atoms with van der Waals surface area (Å²) in [6.45, 7) is 4.92. The van der Waals surface area contributed by atoms with E-state index in [0.29, 0.717) is 25.9 Å². The highest BCUT2D eigenvalue weighted by molar-refractivity contribution is 5.76. The van der Waals surface area contributed by atoms with Crippen molar-refractivity contribution in [2.75, 3.05) is 13.2 Å². The lowest BCUT2D eigenvalue weighted by atomic mass is 10.0. The van der Waals surface area contributed by atoms with Gasteiger partial charge in [0.1, 0.15) is 0 Å². The van der Waals surface area contributed by atoms with Gasteiger partial charge in [-0.2, -0.15) is 0 Å². The second-order valence-electron chi connectivity index (χ2n) is 17.9. The number of aliphatic hydroxyl groups excluding tert-OH is 2. The van der Waals surface area contributed by atoms with E-state index in [1.165, 1.54) is 205 Å². The summed E-state index contributed by atoms with van der Waals surface area (Å²) >= 11 is 0. The van der Waals surface area contributed by atoms with Gasteiger partial charge in [-0.15, -0.1) is 0 Å². The number of nitrogens with one attached hydrogen (secondary N) is 1. The summed E-state index contributed by atoms with van der Waals surface area (Å²) in [5.41, 5.74) is 0. The first-order valence-electron chi connectivity index (χ1n) is 25.8. The van der Waals surface area contributed by atoms with Gasteiger partial charge in [-0.25, -0.2) is 0 Å². The number of carbonyl (C=O) groups is 2. The molecule has 2 atom stereocenters. The van der Waals surface area contributed by atoms with E-state index in [4.69, 9.17) is 4.74 Å². The van der Waals surface area contributed by atoms with E-state index in [2.05, 4.69) is 19.2 Å². The number of rotatable bonds is 48. The quantitative estimate of drug-likeness (QED) is 0.0420. The zero-order valence-electron chi connectivity index (χ0n) is 38.6. The Balaban J connectivity index is 3.38. The number of hydrogen-bond acceptors (Lipinski definition) is 5. The first-order chi connectivity index (χ1) is 28.0. The highest BCUT2D eigenvalue weighted by Crippen LogP contribution is 2.17. The molecule has 0 aromatic heterocycles. The minimum Gasteiger partial charge on any atom is -0.466 e. The largest absolute Gasteiger partial charge is 0.466 e. The van der Waals surface area contributed by atoms with Crippen LogP contribution in [0.15, 0.2) is 0 Å². The molecule has 0 aliphatic carbocycles. The first kappa shape index (κ1) is 55.9. The minimum atomic E-state index is -0.667. The van der Waals surface area contributed by atoms with Crippen LogP contribution in [0.4, 0.5) is 0 Å². The van der Waals surface area contributed by atoms with Crippen LogP contribution < -0.4 is 5.32 Å². The molecule has 0 rings (SSSR count). The smallest absolute Gasteiger partial charge is 0.305 e. The number of esters is 1. The van der Waals surface area contributed by atoms with Gasteiger partial charge >= 0.3 is 5.97 Å². The predicted molar refractivity (Wildman–Crippen MR) is 246 cm³/mol. The van der Waals surface area contributed by atoms with E-state index in [1.807, 2.05) is 0 Å². The monoisotopic (exact) mass is 808 g/mol. The highest BCUT2D eigenvalue weighted by Gasteiger charge is 2.20. The van der Waals surface area contributed by atoms with Crippen molar-refractivity contribution in [1.29, 1.82) is 0 Å². The van der Waals surface area contributed by atoms with Crippen LogP contribution in [0.25, 0.3) is 0 Å². The van der Waals surface area contributed by atoms with E-state index in [9.17, 15) is 19.8 Å². The summed E-state index contributed by atoms with van der Waals surface area (Å²) < 4.78 is 5.48. The lowest BCUT2D eigenvalue weighted by Gasteiger charge is -2.22. The van der Waals surface area contributed by atoms with Gasteiger partial charge in [0.25, 0.3) is 0 Å². The summed E-state index contributed by atoms with van der Waals surface area (Å²) in [5.74, 6) is -0.0447. The molecule has 0 heterocycles. The third-order valence-corrected chi connectivity index (χ3v) is 12.2. The van der Waals surface area contributed by atoms with Crippen LogP contribution in [0.1, 0.15) is 290 Å². The summed E-state index contributed by atoms with van der Waals surface area (Å²) in [7, 11) is 0. The molecule has 0 saturated heterocycles. The Hall–Kier alpha value is -1.14. The van der Waals surface area contributed by atoms with Crippen LogP contribution in [-0.2, 0) is 14.3 Å². The molecule has 0 bridgehead atoms. The van der Waals surface area contributed by atoms with Crippen molar-refractivity contribution in [2.45, 2.75) is 302 Å². The maximum atomic E-state index is 12.4. The van der Waals surface area contributed by atoms with Crippen LogP contribution in [0.5, 0.6) is 0 Å². The van der Waals surface area contributed by atoms with E-state index in [0.717, 1.165) is 51.4 Å². The van der Waals surface area contributed by atoms with Gasteiger partial charge in [0, 0.05) is 12.8 Å². The fourth-order valence-electron chi connectivity index (χ4n) is 8.17. The van der Waals surface area contributed by atoms with Crippen molar-refractivity contribution < 1.29 is 24.5 Å². The molecule has 0 aromatic carbocycles. The first-order valence-corrected chi connectivity index (χ1v) is 25.8. The van der Waals surface area contributed by atoms with E-state index < -0.39 is 12.1 Å². The normalized spacial score (nSPS) is 12.6. The molecule has 0 radical (unpaired) electrons. The third kappa shape index (κ3) is 44.2. The van der Waals surface area contributed by atoms with Gasteiger partial charge in [-0.1, -0.05) is 251 Å². The highest BCUT2D eigenvalue weighted by atomic mass is 16.5. The molecule has 2 unspecified atom stereocenters. The average Bonchev–Trinajstić information content (AvgIpc) is 3.21. The zero-order chi connectivity index (χ0) is 41.5. The van der Waals surface area contributed by atoms with Crippen molar-refractivity contribution in [3.8, 4) is 0 Å². The topological polar surface area (TPSA) is 95.9 Å². The van der Waals surface area contributed by atoms with Gasteiger partial charge in [-0.05, 0) is 25.7 Å². The second-order valence-corrected chi connectivity index (χ2v) is 17.9. The van der Waals surface area contributed by atoms with E-state index in [-0.39, 0.29) is 18.5 Å². The van der Waals surface area contributed by atoms with Crippen molar-refractivity contribution in [2.24, 2.45) is 0 Å². The van der Waals surface area contributed by atoms with Crippen molar-refractivity contribution >= 4 is 11.9 Å². The molecular weight excluding hydrogens is 707 g/mol. The number of amides is 1. The van der Waals surface area contributed by atoms with Gasteiger partial charge < -0.3 is 20.3 Å². The Morgan fingerprint density at radius 1 is 0.421 bits per heavy atom. The zero-order valence-corrected chi connectivity index (χ0v) is 38.6. The molecule has 1 amide bonds. The SMILES string of the molecule is CCCCCCCCCCCCCCCCCCCC(=O)OCCCCCCCCCCCCCCCCC(=O)NC(CO)C(O)CCCCCCCCCCC. The molecule has 0 fully saturated rings. The van der Waals surface area contributed by atoms with Crippen molar-refractivity contribution in [1.82, 2.24) is 5.32 Å². The van der Waals surface area contributed by atoms with Crippen LogP contribution in [0.2, 0.25) is 0 Å². The summed E-state index contributed by atoms with van der Waals surface area (Å²) in [6, 6.07) is -0.545. The maximum absolute atomic E-state index is 12.4. The van der Waals surface area contributed by atoms with Crippen LogP contribution in [-0.4, -0.2) is 47.4 Å². The van der Waals surface area contributed by atoms with Gasteiger partial charge in [0.15, 0.2) is 0 Å². The molecule has 0 aromatic rings. The molecule has 0 aliphatic heterocycles. The molecule has 340 valence electrons. The molecule has 0 saturated carbocycles. The van der Waals surface area contributed by atoms with Crippen molar-refractivity contribution in [3.05, 3.63) is 0 Å². The van der Waals surface area contributed by atoms with Crippen molar-refractivity contribution in [3.63, 3.8) is 0 Å². The van der Waals surface area contributed by atoms with Crippen LogP contribution in [0.3, 0.4) is 0 Å². The van der Waals surface area contributed by atoms with Gasteiger partial charge in [0.2, 0.25) is 5.91 Å². The lowest BCUT2D eigenvalue weighted by Crippen LogP contribution is -2.45. The number of unbranched alkanes of at least 4 members (excludes halogenated alkanes) is 37. The number of carbonyl (C=O) groups excluding carboxylic acids is 2. The van der Waals surface area contributed by atoms with Gasteiger partial charge in [0.05, 0.1) is 25.4 Å².